The lowest BCUT2D eigenvalue weighted by Crippen LogP contribution is -1.96. The molecule has 0 aromatic heterocycles. The molecule has 0 bridgehead atoms. The number of hydrogen-bond donors (Lipinski definition) is 1. The quantitative estimate of drug-likeness (QED) is 0.671. The van der Waals surface area contributed by atoms with E-state index in [4.69, 9.17) is 10.5 Å². The first-order valence-corrected chi connectivity index (χ1v) is 5.43. The van der Waals surface area contributed by atoms with Crippen LogP contribution in [0.3, 0.4) is 0 Å². The van der Waals surface area contributed by atoms with Crippen LogP contribution in [0.1, 0.15) is 24.3 Å². The number of ether oxygens (including phenoxy) is 1. The topological polar surface area (TPSA) is 35.2 Å². The molecule has 0 unspecified atom stereocenters. The molecule has 1 aliphatic rings. The van der Waals surface area contributed by atoms with Crippen LogP contribution in [0.2, 0.25) is 0 Å². The number of rotatable bonds is 2. The Hall–Kier alpha value is -0.450. The van der Waals surface area contributed by atoms with Crippen molar-refractivity contribution in [2.75, 3.05) is 12.8 Å². The van der Waals surface area contributed by atoms with Gasteiger partial charge in [-0.3, -0.25) is 0 Å². The summed E-state index contributed by atoms with van der Waals surface area (Å²) in [6.07, 6.45) is 2.58. The summed E-state index contributed by atoms with van der Waals surface area (Å²) in [6, 6.07) is 4.07. The van der Waals surface area contributed by atoms with Gasteiger partial charge in [-0.1, -0.05) is 0 Å². The first-order valence-electron chi connectivity index (χ1n) is 4.35. The normalized spacial score (nSPS) is 15.8. The Morgan fingerprint density at radius 3 is 2.69 bits per heavy atom. The lowest BCUT2D eigenvalue weighted by atomic mass is 10.1. The van der Waals surface area contributed by atoms with Crippen molar-refractivity contribution in [3.63, 3.8) is 0 Å². The van der Waals surface area contributed by atoms with Crippen LogP contribution in [0.4, 0.5) is 5.69 Å². The average Bonchev–Trinajstić information content (AvgIpc) is 2.92. The number of benzene rings is 1. The second-order valence-corrected chi connectivity index (χ2v) is 4.55. The van der Waals surface area contributed by atoms with Crippen LogP contribution < -0.4 is 10.5 Å². The third kappa shape index (κ3) is 1.75. The molecule has 2 nitrogen and oxygen atoms in total. The highest BCUT2D eigenvalue weighted by Gasteiger charge is 2.27. The van der Waals surface area contributed by atoms with Crippen molar-refractivity contribution in [1.29, 1.82) is 0 Å². The minimum Gasteiger partial charge on any atom is -0.496 e. The van der Waals surface area contributed by atoms with E-state index in [0.29, 0.717) is 5.92 Å². The standard InChI is InChI=1S/C10H12INO/c1-13-10-5-9(12)8(11)4-7(10)6-2-3-6/h4-6H,2-3,12H2,1H3. The van der Waals surface area contributed by atoms with Crippen molar-refractivity contribution < 1.29 is 4.74 Å². The summed E-state index contributed by atoms with van der Waals surface area (Å²) >= 11 is 2.26. The van der Waals surface area contributed by atoms with E-state index in [0.717, 1.165) is 15.0 Å². The van der Waals surface area contributed by atoms with Crippen LogP contribution in [0.5, 0.6) is 5.75 Å². The van der Waals surface area contributed by atoms with Crippen molar-refractivity contribution in [2.45, 2.75) is 18.8 Å². The van der Waals surface area contributed by atoms with E-state index in [1.54, 1.807) is 7.11 Å². The fraction of sp³-hybridized carbons (Fsp3) is 0.400. The van der Waals surface area contributed by atoms with E-state index in [2.05, 4.69) is 28.7 Å². The second kappa shape index (κ2) is 3.36. The number of halogens is 1. The summed E-state index contributed by atoms with van der Waals surface area (Å²) in [5.74, 6) is 1.66. The molecule has 2 N–H and O–H groups in total. The van der Waals surface area contributed by atoms with Crippen LogP contribution in [0, 0.1) is 3.57 Å². The number of methoxy groups -OCH3 is 1. The van der Waals surface area contributed by atoms with Crippen LogP contribution in [-0.4, -0.2) is 7.11 Å². The Kier molecular flexibility index (Phi) is 2.36. The van der Waals surface area contributed by atoms with E-state index >= 15 is 0 Å². The van der Waals surface area contributed by atoms with Gasteiger partial charge < -0.3 is 10.5 Å². The Labute approximate surface area is 91.6 Å². The molecule has 0 spiro atoms. The maximum Gasteiger partial charge on any atom is 0.124 e. The minimum absolute atomic E-state index is 0.712. The number of nitrogen functional groups attached to an aromatic ring is 1. The first-order chi connectivity index (χ1) is 6.22. The Bertz CT molecular complexity index is 334. The van der Waals surface area contributed by atoms with Gasteiger partial charge in [-0.2, -0.15) is 0 Å². The van der Waals surface area contributed by atoms with Crippen molar-refractivity contribution >= 4 is 28.3 Å². The van der Waals surface area contributed by atoms with Crippen LogP contribution in [-0.2, 0) is 0 Å². The predicted octanol–water partition coefficient (Wildman–Crippen LogP) is 2.76. The first kappa shape index (κ1) is 9.12. The zero-order chi connectivity index (χ0) is 9.42. The zero-order valence-corrected chi connectivity index (χ0v) is 9.67. The number of hydrogen-bond acceptors (Lipinski definition) is 2. The molecule has 2 rings (SSSR count). The average molecular weight is 289 g/mol. The van der Waals surface area contributed by atoms with Crippen LogP contribution >= 0.6 is 22.6 Å². The molecular formula is C10H12INO. The van der Waals surface area contributed by atoms with Gasteiger partial charge in [0.25, 0.3) is 0 Å². The van der Waals surface area contributed by atoms with Crippen molar-refractivity contribution in [3.8, 4) is 5.75 Å². The highest BCUT2D eigenvalue weighted by molar-refractivity contribution is 14.1. The van der Waals surface area contributed by atoms with Gasteiger partial charge in [-0.25, -0.2) is 0 Å². The third-order valence-electron chi connectivity index (χ3n) is 2.37. The molecule has 0 saturated heterocycles. The summed E-state index contributed by atoms with van der Waals surface area (Å²) in [4.78, 5) is 0. The molecule has 0 amide bonds. The minimum atomic E-state index is 0.712. The van der Waals surface area contributed by atoms with Gasteiger partial charge in [0.1, 0.15) is 5.75 Å². The van der Waals surface area contributed by atoms with Crippen LogP contribution in [0.25, 0.3) is 0 Å². The lowest BCUT2D eigenvalue weighted by Gasteiger charge is -2.09. The zero-order valence-electron chi connectivity index (χ0n) is 7.51. The molecule has 70 valence electrons. The number of nitrogens with two attached hydrogens (primary N) is 1. The van der Waals surface area contributed by atoms with Gasteiger partial charge in [-0.05, 0) is 53.0 Å². The monoisotopic (exact) mass is 289 g/mol. The maximum absolute atomic E-state index is 5.80. The van der Waals surface area contributed by atoms with E-state index in [1.807, 2.05) is 6.07 Å². The van der Waals surface area contributed by atoms with Crippen LogP contribution in [0.15, 0.2) is 12.1 Å². The third-order valence-corrected chi connectivity index (χ3v) is 3.30. The Morgan fingerprint density at radius 1 is 1.46 bits per heavy atom. The fourth-order valence-corrected chi connectivity index (χ4v) is 1.97. The van der Waals surface area contributed by atoms with E-state index < -0.39 is 0 Å². The van der Waals surface area contributed by atoms with E-state index in [1.165, 1.54) is 18.4 Å². The SMILES string of the molecule is COc1cc(N)c(I)cc1C1CC1. The fourth-order valence-electron chi connectivity index (χ4n) is 1.47. The van der Waals surface area contributed by atoms with Crippen molar-refractivity contribution in [2.24, 2.45) is 0 Å². The molecule has 1 aromatic carbocycles. The largest absolute Gasteiger partial charge is 0.496 e. The predicted molar refractivity (Wildman–Crippen MR) is 62.1 cm³/mol. The number of anilines is 1. The summed E-state index contributed by atoms with van der Waals surface area (Å²) in [7, 11) is 1.70. The highest BCUT2D eigenvalue weighted by atomic mass is 127. The molecule has 3 heteroatoms. The van der Waals surface area contributed by atoms with Gasteiger partial charge in [-0.15, -0.1) is 0 Å². The van der Waals surface area contributed by atoms with Crippen molar-refractivity contribution in [1.82, 2.24) is 0 Å². The summed E-state index contributed by atoms with van der Waals surface area (Å²) in [6.45, 7) is 0. The summed E-state index contributed by atoms with van der Waals surface area (Å²) < 4.78 is 6.42. The molecule has 0 atom stereocenters. The van der Waals surface area contributed by atoms with Crippen molar-refractivity contribution in [3.05, 3.63) is 21.3 Å². The summed E-state index contributed by atoms with van der Waals surface area (Å²) in [5.41, 5.74) is 7.93. The highest BCUT2D eigenvalue weighted by Crippen LogP contribution is 2.45. The molecule has 13 heavy (non-hydrogen) atoms. The Balaban J connectivity index is 2.46. The van der Waals surface area contributed by atoms with E-state index in [-0.39, 0.29) is 0 Å². The molecule has 1 fully saturated rings. The molecule has 0 radical (unpaired) electrons. The smallest absolute Gasteiger partial charge is 0.124 e. The Morgan fingerprint density at radius 2 is 2.15 bits per heavy atom. The second-order valence-electron chi connectivity index (χ2n) is 3.39. The van der Waals surface area contributed by atoms with Gasteiger partial charge in [0.05, 0.1) is 7.11 Å². The van der Waals surface area contributed by atoms with Gasteiger partial charge in [0, 0.05) is 15.3 Å². The molecule has 1 aliphatic carbocycles. The lowest BCUT2D eigenvalue weighted by molar-refractivity contribution is 0.410. The molecular weight excluding hydrogens is 277 g/mol. The van der Waals surface area contributed by atoms with Gasteiger partial charge in [0.2, 0.25) is 0 Å². The van der Waals surface area contributed by atoms with Gasteiger partial charge >= 0.3 is 0 Å². The molecule has 1 aromatic rings. The van der Waals surface area contributed by atoms with Gasteiger partial charge in [0.15, 0.2) is 0 Å². The van der Waals surface area contributed by atoms with E-state index in [9.17, 15) is 0 Å². The summed E-state index contributed by atoms with van der Waals surface area (Å²) in [5, 5.41) is 0. The molecule has 0 heterocycles. The molecule has 1 saturated carbocycles. The maximum atomic E-state index is 5.80. The molecule has 0 aliphatic heterocycles.